The second-order valence-corrected chi connectivity index (χ2v) is 9.34. The largest absolute Gasteiger partial charge is 0.496 e. The number of ether oxygens (including phenoxy) is 3. The summed E-state index contributed by atoms with van der Waals surface area (Å²) < 4.78 is 16.9. The molecule has 2 aromatic carbocycles. The molecule has 0 N–H and O–H groups in total. The normalized spacial score (nSPS) is 17.8. The van der Waals surface area contributed by atoms with Gasteiger partial charge in [-0.3, -0.25) is 9.59 Å². The molecule has 2 aliphatic rings. The van der Waals surface area contributed by atoms with Crippen LogP contribution in [0.1, 0.15) is 29.6 Å². The second-order valence-electron chi connectivity index (χ2n) is 8.91. The molecule has 8 heteroatoms. The number of carbonyl (C=O) groups is 2. The van der Waals surface area contributed by atoms with E-state index >= 15 is 0 Å². The van der Waals surface area contributed by atoms with Crippen LogP contribution in [-0.2, 0) is 9.53 Å². The summed E-state index contributed by atoms with van der Waals surface area (Å²) in [4.78, 5) is 30.1. The smallest absolute Gasteiger partial charge is 0.257 e. The van der Waals surface area contributed by atoms with E-state index in [2.05, 4.69) is 0 Å². The molecule has 0 spiro atoms. The summed E-state index contributed by atoms with van der Waals surface area (Å²) in [6.45, 7) is 3.88. The summed E-state index contributed by atoms with van der Waals surface area (Å²) in [5.41, 5.74) is 0.200. The highest BCUT2D eigenvalue weighted by molar-refractivity contribution is 6.30. The van der Waals surface area contributed by atoms with Crippen LogP contribution in [0.15, 0.2) is 48.5 Å². The number of hydrogen-bond donors (Lipinski definition) is 0. The van der Waals surface area contributed by atoms with E-state index < -0.39 is 0 Å². The van der Waals surface area contributed by atoms with E-state index in [0.717, 1.165) is 5.75 Å². The van der Waals surface area contributed by atoms with E-state index in [9.17, 15) is 9.59 Å². The summed E-state index contributed by atoms with van der Waals surface area (Å²) in [7, 11) is 1.57. The van der Waals surface area contributed by atoms with Gasteiger partial charge in [0, 0.05) is 43.0 Å². The lowest BCUT2D eigenvalue weighted by atomic mass is 9.75. The van der Waals surface area contributed by atoms with Crippen LogP contribution in [0.4, 0.5) is 0 Å². The lowest BCUT2D eigenvalue weighted by Gasteiger charge is -2.42. The van der Waals surface area contributed by atoms with Crippen LogP contribution in [0.2, 0.25) is 5.02 Å². The molecule has 0 saturated carbocycles. The van der Waals surface area contributed by atoms with Crippen molar-refractivity contribution < 1.29 is 23.8 Å². The highest BCUT2D eigenvalue weighted by Crippen LogP contribution is 2.37. The predicted octanol–water partition coefficient (Wildman–Crippen LogP) is 3.90. The molecule has 2 aliphatic heterocycles. The van der Waals surface area contributed by atoms with Crippen molar-refractivity contribution in [3.05, 3.63) is 59.1 Å². The Morgan fingerprint density at radius 2 is 1.65 bits per heavy atom. The minimum absolute atomic E-state index is 0.0517. The maximum atomic E-state index is 13.2. The summed E-state index contributed by atoms with van der Waals surface area (Å²) in [5.74, 6) is 1.35. The molecule has 0 aliphatic carbocycles. The van der Waals surface area contributed by atoms with Gasteiger partial charge in [0.15, 0.2) is 0 Å². The Labute approximate surface area is 205 Å². The Hall–Kier alpha value is -2.77. The third-order valence-corrected chi connectivity index (χ3v) is 6.95. The first-order chi connectivity index (χ1) is 16.5. The Morgan fingerprint density at radius 3 is 2.32 bits per heavy atom. The highest BCUT2D eigenvalue weighted by atomic mass is 35.5. The molecule has 2 fully saturated rings. The molecule has 0 bridgehead atoms. The maximum Gasteiger partial charge on any atom is 0.257 e. The number of piperidine rings is 1. The minimum Gasteiger partial charge on any atom is -0.496 e. The Bertz CT molecular complexity index is 983. The zero-order chi connectivity index (χ0) is 24.0. The molecule has 0 radical (unpaired) electrons. The van der Waals surface area contributed by atoms with Crippen LogP contribution in [-0.4, -0.2) is 74.7 Å². The molecule has 182 valence electrons. The van der Waals surface area contributed by atoms with Crippen molar-refractivity contribution in [2.75, 3.05) is 53.1 Å². The van der Waals surface area contributed by atoms with Gasteiger partial charge in [0.25, 0.3) is 5.91 Å². The molecule has 2 heterocycles. The number of rotatable bonds is 7. The van der Waals surface area contributed by atoms with Crippen LogP contribution >= 0.6 is 11.6 Å². The fraction of sp³-hybridized carbons (Fsp3) is 0.462. The number of amides is 2. The van der Waals surface area contributed by atoms with Gasteiger partial charge in [0.2, 0.25) is 5.91 Å². The van der Waals surface area contributed by atoms with Crippen molar-refractivity contribution in [1.29, 1.82) is 0 Å². The van der Waals surface area contributed by atoms with Gasteiger partial charge in [0.05, 0.1) is 32.5 Å². The SMILES string of the molecule is COc1ccccc1C(=O)N1CCC(COc2ccc(Cl)cc2)(CC(=O)N2CCOCC2)CC1. The van der Waals surface area contributed by atoms with Crippen LogP contribution in [0, 0.1) is 5.41 Å². The number of hydrogen-bond acceptors (Lipinski definition) is 5. The van der Waals surface area contributed by atoms with Gasteiger partial charge in [-0.15, -0.1) is 0 Å². The quantitative estimate of drug-likeness (QED) is 0.593. The Morgan fingerprint density at radius 1 is 0.971 bits per heavy atom. The molecule has 7 nitrogen and oxygen atoms in total. The summed E-state index contributed by atoms with van der Waals surface area (Å²) >= 11 is 6.00. The Balaban J connectivity index is 1.46. The van der Waals surface area contributed by atoms with Gasteiger partial charge in [-0.2, -0.15) is 0 Å². The number of nitrogens with zero attached hydrogens (tertiary/aromatic N) is 2. The lowest BCUT2D eigenvalue weighted by molar-refractivity contribution is -0.139. The minimum atomic E-state index is -0.355. The predicted molar refractivity (Wildman–Crippen MR) is 130 cm³/mol. The fourth-order valence-corrected chi connectivity index (χ4v) is 4.69. The lowest BCUT2D eigenvalue weighted by Crippen LogP contribution is -2.49. The molecule has 34 heavy (non-hydrogen) atoms. The number of benzene rings is 2. The molecule has 2 aromatic rings. The first kappa shape index (κ1) is 24.4. The molecule has 2 amide bonds. The third kappa shape index (κ3) is 5.83. The molecular weight excluding hydrogens is 456 g/mol. The van der Waals surface area contributed by atoms with E-state index in [1.54, 1.807) is 31.4 Å². The zero-order valence-electron chi connectivity index (χ0n) is 19.5. The van der Waals surface area contributed by atoms with Crippen LogP contribution in [0.3, 0.4) is 0 Å². The number of halogens is 1. The number of carbonyl (C=O) groups excluding carboxylic acids is 2. The average molecular weight is 487 g/mol. The summed E-state index contributed by atoms with van der Waals surface area (Å²) in [5, 5.41) is 0.646. The molecule has 0 unspecified atom stereocenters. The van der Waals surface area contributed by atoms with E-state index in [1.807, 2.05) is 34.1 Å². The van der Waals surface area contributed by atoms with E-state index in [0.29, 0.717) is 81.6 Å². The van der Waals surface area contributed by atoms with E-state index in [4.69, 9.17) is 25.8 Å². The number of likely N-dealkylation sites (tertiary alicyclic amines) is 1. The topological polar surface area (TPSA) is 68.3 Å². The molecule has 2 saturated heterocycles. The monoisotopic (exact) mass is 486 g/mol. The van der Waals surface area contributed by atoms with Gasteiger partial charge in [-0.1, -0.05) is 23.7 Å². The van der Waals surface area contributed by atoms with Crippen molar-refractivity contribution in [3.8, 4) is 11.5 Å². The van der Waals surface area contributed by atoms with E-state index in [-0.39, 0.29) is 17.2 Å². The highest BCUT2D eigenvalue weighted by Gasteiger charge is 2.40. The summed E-state index contributed by atoms with van der Waals surface area (Å²) in [6.07, 6.45) is 1.74. The maximum absolute atomic E-state index is 13.2. The van der Waals surface area contributed by atoms with E-state index in [1.165, 1.54) is 0 Å². The zero-order valence-corrected chi connectivity index (χ0v) is 20.3. The van der Waals surface area contributed by atoms with Crippen LogP contribution < -0.4 is 9.47 Å². The van der Waals surface area contributed by atoms with Crippen molar-refractivity contribution >= 4 is 23.4 Å². The standard InChI is InChI=1S/C26H31ClN2O5/c1-32-23-5-3-2-4-22(23)25(31)29-12-10-26(11-13-29,18-24(30)28-14-16-33-17-15-28)19-34-21-8-6-20(27)7-9-21/h2-9H,10-19H2,1H3. The van der Waals surface area contributed by atoms with Gasteiger partial charge in [-0.25, -0.2) is 0 Å². The molecule has 4 rings (SSSR count). The fourth-order valence-electron chi connectivity index (χ4n) is 4.56. The average Bonchev–Trinajstić information content (AvgIpc) is 2.89. The second kappa shape index (κ2) is 11.1. The molecular formula is C26H31ClN2O5. The van der Waals surface area contributed by atoms with Crippen LogP contribution in [0.5, 0.6) is 11.5 Å². The van der Waals surface area contributed by atoms with Gasteiger partial charge in [0.1, 0.15) is 11.5 Å². The van der Waals surface area contributed by atoms with Crippen LogP contribution in [0.25, 0.3) is 0 Å². The first-order valence-corrected chi connectivity index (χ1v) is 12.0. The van der Waals surface area contributed by atoms with Gasteiger partial charge < -0.3 is 24.0 Å². The van der Waals surface area contributed by atoms with Crippen molar-refractivity contribution in [2.45, 2.75) is 19.3 Å². The first-order valence-electron chi connectivity index (χ1n) is 11.7. The molecule has 0 aromatic heterocycles. The third-order valence-electron chi connectivity index (χ3n) is 6.70. The van der Waals surface area contributed by atoms with Gasteiger partial charge in [-0.05, 0) is 49.2 Å². The number of methoxy groups -OCH3 is 1. The van der Waals surface area contributed by atoms with Crippen molar-refractivity contribution in [3.63, 3.8) is 0 Å². The number of morpholine rings is 1. The summed E-state index contributed by atoms with van der Waals surface area (Å²) in [6, 6.07) is 14.5. The van der Waals surface area contributed by atoms with Gasteiger partial charge >= 0.3 is 0 Å². The van der Waals surface area contributed by atoms with Crippen molar-refractivity contribution in [1.82, 2.24) is 9.80 Å². The number of para-hydroxylation sites is 1. The van der Waals surface area contributed by atoms with Crippen molar-refractivity contribution in [2.24, 2.45) is 5.41 Å². The molecule has 0 atom stereocenters. The Kier molecular flexibility index (Phi) is 7.95.